The number of urea groups is 1. The molecule has 0 saturated heterocycles. The zero-order chi connectivity index (χ0) is 13.1. The van der Waals surface area contributed by atoms with Gasteiger partial charge >= 0.3 is 6.03 Å². The van der Waals surface area contributed by atoms with Gasteiger partial charge in [0.15, 0.2) is 0 Å². The van der Waals surface area contributed by atoms with Gasteiger partial charge in [0, 0.05) is 11.8 Å². The lowest BCUT2D eigenvalue weighted by atomic mass is 10.1. The molecule has 2 N–H and O–H groups in total. The van der Waals surface area contributed by atoms with Crippen LogP contribution in [0.15, 0.2) is 28.9 Å². The fourth-order valence-corrected chi connectivity index (χ4v) is 1.91. The van der Waals surface area contributed by atoms with Gasteiger partial charge in [-0.2, -0.15) is 0 Å². The van der Waals surface area contributed by atoms with Crippen LogP contribution in [-0.2, 0) is 0 Å². The van der Waals surface area contributed by atoms with E-state index in [1.165, 1.54) is 11.8 Å². The zero-order valence-electron chi connectivity index (χ0n) is 10.6. The molecule has 5 heteroatoms. The number of nitrogens with one attached hydrogen (secondary N) is 2. The lowest BCUT2D eigenvalue weighted by Crippen LogP contribution is -2.20. The van der Waals surface area contributed by atoms with Gasteiger partial charge in [-0.3, -0.25) is 5.32 Å². The summed E-state index contributed by atoms with van der Waals surface area (Å²) < 4.78 is 4.80. The molecule has 0 fully saturated rings. The Balaban J connectivity index is 2.12. The van der Waals surface area contributed by atoms with Crippen molar-refractivity contribution in [3.8, 4) is 0 Å². The Kier molecular flexibility index (Phi) is 3.32. The van der Waals surface area contributed by atoms with Crippen LogP contribution in [0.1, 0.15) is 16.7 Å². The van der Waals surface area contributed by atoms with Gasteiger partial charge in [-0.1, -0.05) is 22.9 Å². The predicted octanol–water partition coefficient (Wildman–Crippen LogP) is 3.24. The van der Waals surface area contributed by atoms with Gasteiger partial charge in [-0.25, -0.2) is 4.79 Å². The number of anilines is 2. The van der Waals surface area contributed by atoms with E-state index in [0.717, 1.165) is 16.8 Å². The summed E-state index contributed by atoms with van der Waals surface area (Å²) in [5, 5.41) is 8.88. The Morgan fingerprint density at radius 2 is 1.83 bits per heavy atom. The summed E-state index contributed by atoms with van der Waals surface area (Å²) >= 11 is 0. The summed E-state index contributed by atoms with van der Waals surface area (Å²) in [5.41, 5.74) is 4.05. The third-order valence-corrected chi connectivity index (χ3v) is 2.59. The van der Waals surface area contributed by atoms with Crippen molar-refractivity contribution in [2.24, 2.45) is 0 Å². The maximum absolute atomic E-state index is 11.8. The first-order chi connectivity index (χ1) is 8.56. The van der Waals surface area contributed by atoms with Gasteiger partial charge < -0.3 is 9.84 Å². The molecule has 0 atom stereocenters. The van der Waals surface area contributed by atoms with Crippen molar-refractivity contribution in [2.75, 3.05) is 10.6 Å². The molecule has 18 heavy (non-hydrogen) atoms. The summed E-state index contributed by atoms with van der Waals surface area (Å²) in [5.74, 6) is 0.315. The molecule has 2 rings (SSSR count). The minimum atomic E-state index is -0.346. The number of carbonyl (C=O) groups is 1. The van der Waals surface area contributed by atoms with Crippen LogP contribution < -0.4 is 10.6 Å². The van der Waals surface area contributed by atoms with Gasteiger partial charge in [0.25, 0.3) is 0 Å². The molecule has 0 bridgehead atoms. The number of hydrogen-bond acceptors (Lipinski definition) is 3. The largest absolute Gasteiger partial charge is 0.338 e. The standard InChI is InChI=1S/C13H15N3O2/c1-8-6-9(2)12(10(3)7-8)16-13(17)15-11-4-5-14-18-11/h4-7H,1-3H3,(H2,15,16,17). The van der Waals surface area contributed by atoms with E-state index in [1.54, 1.807) is 6.07 Å². The Morgan fingerprint density at radius 3 is 2.39 bits per heavy atom. The molecular weight excluding hydrogens is 230 g/mol. The topological polar surface area (TPSA) is 67.2 Å². The molecule has 2 amide bonds. The minimum Gasteiger partial charge on any atom is -0.338 e. The van der Waals surface area contributed by atoms with Crippen LogP contribution in [0.3, 0.4) is 0 Å². The Bertz CT molecular complexity index is 539. The van der Waals surface area contributed by atoms with Crippen LogP contribution in [0, 0.1) is 20.8 Å². The molecule has 0 aliphatic carbocycles. The zero-order valence-corrected chi connectivity index (χ0v) is 10.6. The average Bonchev–Trinajstić information content (AvgIpc) is 2.76. The van der Waals surface area contributed by atoms with E-state index in [-0.39, 0.29) is 6.03 Å². The van der Waals surface area contributed by atoms with Crippen LogP contribution in [0.5, 0.6) is 0 Å². The van der Waals surface area contributed by atoms with Crippen molar-refractivity contribution in [3.05, 3.63) is 41.1 Å². The number of aromatic nitrogens is 1. The maximum Gasteiger partial charge on any atom is 0.326 e. The molecule has 2 aromatic rings. The lowest BCUT2D eigenvalue weighted by molar-refractivity contribution is 0.261. The molecule has 0 saturated carbocycles. The molecule has 1 heterocycles. The van der Waals surface area contributed by atoms with E-state index in [1.807, 2.05) is 32.9 Å². The highest BCUT2D eigenvalue weighted by Crippen LogP contribution is 2.22. The van der Waals surface area contributed by atoms with E-state index in [9.17, 15) is 4.79 Å². The molecule has 0 unspecified atom stereocenters. The van der Waals surface area contributed by atoms with Crippen molar-refractivity contribution in [2.45, 2.75) is 20.8 Å². The predicted molar refractivity (Wildman–Crippen MR) is 69.8 cm³/mol. The Labute approximate surface area is 105 Å². The van der Waals surface area contributed by atoms with Crippen molar-refractivity contribution in [1.82, 2.24) is 5.16 Å². The summed E-state index contributed by atoms with van der Waals surface area (Å²) in [6, 6.07) is 5.28. The van der Waals surface area contributed by atoms with E-state index >= 15 is 0 Å². The van der Waals surface area contributed by atoms with E-state index in [2.05, 4.69) is 15.8 Å². The Morgan fingerprint density at radius 1 is 1.17 bits per heavy atom. The van der Waals surface area contributed by atoms with Crippen molar-refractivity contribution in [3.63, 3.8) is 0 Å². The highest BCUT2D eigenvalue weighted by Gasteiger charge is 2.09. The van der Waals surface area contributed by atoms with Crippen LogP contribution >= 0.6 is 0 Å². The molecule has 0 spiro atoms. The maximum atomic E-state index is 11.8. The molecule has 5 nitrogen and oxygen atoms in total. The van der Waals surface area contributed by atoms with E-state index in [4.69, 9.17) is 4.52 Å². The van der Waals surface area contributed by atoms with Crippen LogP contribution in [-0.4, -0.2) is 11.2 Å². The second-order valence-electron chi connectivity index (χ2n) is 4.23. The summed E-state index contributed by atoms with van der Waals surface area (Å²) in [6.07, 6.45) is 1.47. The first-order valence-electron chi connectivity index (χ1n) is 5.63. The number of hydrogen-bond donors (Lipinski definition) is 2. The Hall–Kier alpha value is -2.30. The minimum absolute atomic E-state index is 0.315. The highest BCUT2D eigenvalue weighted by molar-refractivity contribution is 5.99. The fraction of sp³-hybridized carbons (Fsp3) is 0.231. The second kappa shape index (κ2) is 4.91. The highest BCUT2D eigenvalue weighted by atomic mass is 16.5. The fourth-order valence-electron chi connectivity index (χ4n) is 1.91. The molecule has 0 radical (unpaired) electrons. The van der Waals surface area contributed by atoms with Crippen molar-refractivity contribution < 1.29 is 9.32 Å². The quantitative estimate of drug-likeness (QED) is 0.853. The molecule has 94 valence electrons. The number of rotatable bonds is 2. The molecule has 0 aliphatic heterocycles. The van der Waals surface area contributed by atoms with Gasteiger partial charge in [-0.05, 0) is 31.9 Å². The SMILES string of the molecule is Cc1cc(C)c(NC(=O)Nc2ccno2)c(C)c1. The molecule has 0 aliphatic rings. The molecule has 1 aromatic carbocycles. The first kappa shape index (κ1) is 12.2. The van der Waals surface area contributed by atoms with Gasteiger partial charge in [0.1, 0.15) is 0 Å². The summed E-state index contributed by atoms with van der Waals surface area (Å²) in [7, 11) is 0. The normalized spacial score (nSPS) is 10.2. The van der Waals surface area contributed by atoms with E-state index in [0.29, 0.717) is 5.88 Å². The number of carbonyl (C=O) groups excluding carboxylic acids is 1. The van der Waals surface area contributed by atoms with Gasteiger partial charge in [0.05, 0.1) is 6.20 Å². The van der Waals surface area contributed by atoms with Crippen LogP contribution in [0.25, 0.3) is 0 Å². The van der Waals surface area contributed by atoms with Crippen LogP contribution in [0.2, 0.25) is 0 Å². The van der Waals surface area contributed by atoms with Crippen molar-refractivity contribution >= 4 is 17.6 Å². The second-order valence-corrected chi connectivity index (χ2v) is 4.23. The monoisotopic (exact) mass is 245 g/mol. The van der Waals surface area contributed by atoms with Gasteiger partial charge in [0.2, 0.25) is 5.88 Å². The third kappa shape index (κ3) is 2.68. The summed E-state index contributed by atoms with van der Waals surface area (Å²) in [4.78, 5) is 11.8. The lowest BCUT2D eigenvalue weighted by Gasteiger charge is -2.12. The summed E-state index contributed by atoms with van der Waals surface area (Å²) in [6.45, 7) is 5.95. The number of amides is 2. The van der Waals surface area contributed by atoms with Crippen LogP contribution in [0.4, 0.5) is 16.4 Å². The first-order valence-corrected chi connectivity index (χ1v) is 5.63. The molecular formula is C13H15N3O2. The third-order valence-electron chi connectivity index (χ3n) is 2.59. The van der Waals surface area contributed by atoms with Crippen molar-refractivity contribution in [1.29, 1.82) is 0 Å². The van der Waals surface area contributed by atoms with E-state index < -0.39 is 0 Å². The molecule has 1 aromatic heterocycles. The average molecular weight is 245 g/mol. The van der Waals surface area contributed by atoms with Gasteiger partial charge in [-0.15, -0.1) is 0 Å². The number of nitrogens with zero attached hydrogens (tertiary/aromatic N) is 1. The number of benzene rings is 1. The number of aryl methyl sites for hydroxylation is 3. The smallest absolute Gasteiger partial charge is 0.326 e.